The molecule has 0 radical (unpaired) electrons. The van der Waals surface area contributed by atoms with Crippen molar-refractivity contribution in [2.24, 2.45) is 0 Å². The van der Waals surface area contributed by atoms with Crippen molar-refractivity contribution in [3.63, 3.8) is 0 Å². The Balaban J connectivity index is 1.72. The largest absolute Gasteiger partial charge is 0.250 e. The monoisotopic (exact) mass is 321 g/mol. The van der Waals surface area contributed by atoms with Gasteiger partial charge in [0.15, 0.2) is 0 Å². The predicted molar refractivity (Wildman–Crippen MR) is 86.2 cm³/mol. The molecule has 112 valence electrons. The number of sulfonamides is 1. The highest BCUT2D eigenvalue weighted by atomic mass is 32.2. The highest BCUT2D eigenvalue weighted by molar-refractivity contribution is 7.91. The van der Waals surface area contributed by atoms with Crippen LogP contribution in [0.15, 0.2) is 46.7 Å². The van der Waals surface area contributed by atoms with E-state index in [-0.39, 0.29) is 5.41 Å². The van der Waals surface area contributed by atoms with Gasteiger partial charge in [-0.25, -0.2) is 13.1 Å². The van der Waals surface area contributed by atoms with Gasteiger partial charge in [0.2, 0.25) is 10.0 Å². The summed E-state index contributed by atoms with van der Waals surface area (Å²) in [6, 6.07) is 13.8. The topological polar surface area (TPSA) is 46.2 Å². The van der Waals surface area contributed by atoms with Crippen molar-refractivity contribution in [3.05, 3.63) is 52.9 Å². The maximum atomic E-state index is 12.4. The van der Waals surface area contributed by atoms with Gasteiger partial charge in [0.1, 0.15) is 4.21 Å². The molecular weight excluding hydrogens is 302 g/mol. The summed E-state index contributed by atoms with van der Waals surface area (Å²) in [7, 11) is -3.38. The molecule has 0 aliphatic heterocycles. The third-order valence-corrected chi connectivity index (χ3v) is 7.21. The summed E-state index contributed by atoms with van der Waals surface area (Å²) in [5.41, 5.74) is 1.23. The normalized spacial score (nSPS) is 16.8. The minimum atomic E-state index is -3.38. The van der Waals surface area contributed by atoms with Crippen LogP contribution in [0.1, 0.15) is 30.2 Å². The van der Waals surface area contributed by atoms with Crippen molar-refractivity contribution in [1.82, 2.24) is 4.72 Å². The Morgan fingerprint density at radius 1 is 1.14 bits per heavy atom. The molecule has 0 spiro atoms. The van der Waals surface area contributed by atoms with Crippen molar-refractivity contribution < 1.29 is 8.42 Å². The number of aryl methyl sites for hydroxylation is 1. The molecule has 0 bridgehead atoms. The van der Waals surface area contributed by atoms with Crippen LogP contribution in [0.5, 0.6) is 0 Å². The summed E-state index contributed by atoms with van der Waals surface area (Å²) in [5, 5.41) is 0. The molecule has 1 aliphatic rings. The first-order chi connectivity index (χ1) is 10.1. The lowest BCUT2D eigenvalue weighted by Crippen LogP contribution is -2.31. The van der Waals surface area contributed by atoms with Gasteiger partial charge >= 0.3 is 0 Å². The van der Waals surface area contributed by atoms with Crippen LogP contribution in [0, 0.1) is 0 Å². The van der Waals surface area contributed by atoms with Crippen LogP contribution < -0.4 is 4.72 Å². The van der Waals surface area contributed by atoms with Crippen LogP contribution in [0.4, 0.5) is 0 Å². The fourth-order valence-electron chi connectivity index (χ4n) is 2.51. The van der Waals surface area contributed by atoms with Gasteiger partial charge in [-0.3, -0.25) is 0 Å². The molecule has 0 unspecified atom stereocenters. The molecule has 1 aliphatic carbocycles. The first kappa shape index (κ1) is 14.8. The van der Waals surface area contributed by atoms with E-state index >= 15 is 0 Å². The zero-order valence-corrected chi connectivity index (χ0v) is 13.6. The average molecular weight is 321 g/mol. The van der Waals surface area contributed by atoms with Gasteiger partial charge in [0.25, 0.3) is 0 Å². The molecule has 0 atom stereocenters. The van der Waals surface area contributed by atoms with E-state index in [2.05, 4.69) is 16.9 Å². The van der Waals surface area contributed by atoms with Crippen LogP contribution in [0.3, 0.4) is 0 Å². The Morgan fingerprint density at radius 2 is 1.86 bits per heavy atom. The maximum Gasteiger partial charge on any atom is 0.250 e. The van der Waals surface area contributed by atoms with Gasteiger partial charge in [0.05, 0.1) is 0 Å². The summed E-state index contributed by atoms with van der Waals surface area (Å²) in [5.74, 6) is 0. The second-order valence-corrected chi connectivity index (χ2v) is 8.71. The zero-order chi connectivity index (χ0) is 14.9. The summed E-state index contributed by atoms with van der Waals surface area (Å²) in [4.78, 5) is 1.10. The Hall–Kier alpha value is -1.17. The third kappa shape index (κ3) is 3.05. The molecule has 3 rings (SSSR count). The molecule has 1 aromatic heterocycles. The molecule has 1 N–H and O–H groups in total. The third-order valence-electron chi connectivity index (χ3n) is 4.09. The van der Waals surface area contributed by atoms with E-state index in [1.807, 2.05) is 31.2 Å². The molecule has 0 saturated heterocycles. The maximum absolute atomic E-state index is 12.4. The molecule has 0 amide bonds. The molecule has 2 aromatic rings. The van der Waals surface area contributed by atoms with E-state index in [1.54, 1.807) is 6.07 Å². The van der Waals surface area contributed by atoms with Gasteiger partial charge < -0.3 is 0 Å². The van der Waals surface area contributed by atoms with E-state index in [1.165, 1.54) is 16.9 Å². The predicted octanol–water partition coefficient (Wildman–Crippen LogP) is 3.32. The number of hydrogen-bond acceptors (Lipinski definition) is 3. The van der Waals surface area contributed by atoms with Crippen molar-refractivity contribution in [2.75, 3.05) is 6.54 Å². The lowest BCUT2D eigenvalue weighted by Gasteiger charge is -2.16. The second-order valence-electron chi connectivity index (χ2n) is 5.55. The molecule has 3 nitrogen and oxygen atoms in total. The van der Waals surface area contributed by atoms with Gasteiger partial charge in [-0.05, 0) is 37.0 Å². The zero-order valence-electron chi connectivity index (χ0n) is 12.0. The van der Waals surface area contributed by atoms with Crippen molar-refractivity contribution in [3.8, 4) is 0 Å². The van der Waals surface area contributed by atoms with E-state index in [0.717, 1.165) is 24.1 Å². The number of thiophene rings is 1. The van der Waals surface area contributed by atoms with E-state index < -0.39 is 10.0 Å². The summed E-state index contributed by atoms with van der Waals surface area (Å²) >= 11 is 1.36. The molecule has 5 heteroatoms. The molecule has 21 heavy (non-hydrogen) atoms. The van der Waals surface area contributed by atoms with Crippen molar-refractivity contribution in [2.45, 2.75) is 35.8 Å². The van der Waals surface area contributed by atoms with Crippen molar-refractivity contribution >= 4 is 21.4 Å². The van der Waals surface area contributed by atoms with Crippen LogP contribution in [0.25, 0.3) is 0 Å². The van der Waals surface area contributed by atoms with Gasteiger partial charge in [-0.1, -0.05) is 37.3 Å². The quantitative estimate of drug-likeness (QED) is 0.887. The fraction of sp³-hybridized carbons (Fsp3) is 0.375. The molecular formula is C16H19NO2S2. The van der Waals surface area contributed by atoms with E-state index in [4.69, 9.17) is 0 Å². The molecule has 1 heterocycles. The minimum Gasteiger partial charge on any atom is -0.210 e. The molecule has 1 aromatic carbocycles. The summed E-state index contributed by atoms with van der Waals surface area (Å²) in [6.07, 6.45) is 2.96. The summed E-state index contributed by atoms with van der Waals surface area (Å²) in [6.45, 7) is 2.52. The number of hydrogen-bond donors (Lipinski definition) is 1. The Morgan fingerprint density at radius 3 is 2.43 bits per heavy atom. The number of rotatable bonds is 6. The van der Waals surface area contributed by atoms with Gasteiger partial charge in [0, 0.05) is 16.8 Å². The number of nitrogens with one attached hydrogen (secondary N) is 1. The first-order valence-electron chi connectivity index (χ1n) is 7.20. The Labute approximate surface area is 130 Å². The van der Waals surface area contributed by atoms with Gasteiger partial charge in [-0.15, -0.1) is 11.3 Å². The highest BCUT2D eigenvalue weighted by Crippen LogP contribution is 2.47. The lowest BCUT2D eigenvalue weighted by atomic mass is 9.96. The SMILES string of the molecule is CCc1ccc(S(=O)(=O)NCC2(c3ccccc3)CC2)s1. The number of benzene rings is 1. The van der Waals surface area contributed by atoms with E-state index in [9.17, 15) is 8.42 Å². The fourth-order valence-corrected chi connectivity index (χ4v) is 4.97. The Kier molecular flexibility index (Phi) is 3.90. The lowest BCUT2D eigenvalue weighted by molar-refractivity contribution is 0.569. The second kappa shape index (κ2) is 5.55. The molecule has 1 fully saturated rings. The standard InChI is InChI=1S/C16H19NO2S2/c1-2-14-8-9-15(20-14)21(18,19)17-12-16(10-11-16)13-6-4-3-5-7-13/h3-9,17H,2,10-12H2,1H3. The first-order valence-corrected chi connectivity index (χ1v) is 9.50. The van der Waals surface area contributed by atoms with E-state index in [0.29, 0.717) is 10.8 Å². The summed E-state index contributed by atoms with van der Waals surface area (Å²) < 4.78 is 27.9. The van der Waals surface area contributed by atoms with Crippen LogP contribution >= 0.6 is 11.3 Å². The Bertz CT molecular complexity index is 716. The smallest absolute Gasteiger partial charge is 0.210 e. The highest BCUT2D eigenvalue weighted by Gasteiger charge is 2.44. The average Bonchev–Trinajstić information content (AvgIpc) is 3.14. The van der Waals surface area contributed by atoms with Crippen LogP contribution in [0.2, 0.25) is 0 Å². The van der Waals surface area contributed by atoms with Crippen LogP contribution in [-0.4, -0.2) is 15.0 Å². The minimum absolute atomic E-state index is 0.000818. The van der Waals surface area contributed by atoms with Gasteiger partial charge in [-0.2, -0.15) is 0 Å². The van der Waals surface area contributed by atoms with Crippen LogP contribution in [-0.2, 0) is 21.9 Å². The van der Waals surface area contributed by atoms with Crippen molar-refractivity contribution in [1.29, 1.82) is 0 Å². The molecule has 1 saturated carbocycles.